The lowest BCUT2D eigenvalue weighted by Gasteiger charge is -2.31. The van der Waals surface area contributed by atoms with E-state index in [1.165, 1.54) is 0 Å². The second kappa shape index (κ2) is 6.68. The molecule has 1 unspecified atom stereocenters. The van der Waals surface area contributed by atoms with Crippen LogP contribution in [0.25, 0.3) is 0 Å². The maximum Gasteiger partial charge on any atom is 0.227 e. The Morgan fingerprint density at radius 3 is 2.95 bits per heavy atom. The first-order valence-electron chi connectivity index (χ1n) is 6.92. The molecule has 1 fully saturated rings. The number of aliphatic hydroxyl groups excluding tert-OH is 1. The molecule has 1 heterocycles. The fourth-order valence-electron chi connectivity index (χ4n) is 2.22. The molecule has 3 N–H and O–H groups in total. The van der Waals surface area contributed by atoms with Crippen molar-refractivity contribution in [1.82, 2.24) is 5.32 Å². The minimum atomic E-state index is 0.0438. The predicted octanol–water partition coefficient (Wildman–Crippen LogP) is 1.41. The summed E-state index contributed by atoms with van der Waals surface area (Å²) < 4.78 is 0. The Labute approximate surface area is 114 Å². The zero-order valence-electron chi connectivity index (χ0n) is 11.4. The highest BCUT2D eigenvalue weighted by Crippen LogP contribution is 2.19. The van der Waals surface area contributed by atoms with Crippen molar-refractivity contribution in [3.8, 4) is 0 Å². The molecule has 0 aliphatic carbocycles. The molecular formula is C15H22N2O2. The molecule has 19 heavy (non-hydrogen) atoms. The Kier molecular flexibility index (Phi) is 4.93. The molecule has 1 saturated heterocycles. The number of nitrogens with one attached hydrogen (secondary N) is 2. The molecule has 1 aromatic rings. The quantitative estimate of drug-likeness (QED) is 0.726. The summed E-state index contributed by atoms with van der Waals surface area (Å²) in [6.45, 7) is 4.05. The molecule has 1 atom stereocenters. The Balaban J connectivity index is 1.92. The van der Waals surface area contributed by atoms with Crippen LogP contribution in [0.1, 0.15) is 18.9 Å². The van der Waals surface area contributed by atoms with Gasteiger partial charge >= 0.3 is 0 Å². The van der Waals surface area contributed by atoms with Crippen molar-refractivity contribution in [2.75, 3.05) is 25.0 Å². The lowest BCUT2D eigenvalue weighted by molar-refractivity contribution is -0.121. The van der Waals surface area contributed by atoms with Gasteiger partial charge in [0, 0.05) is 18.2 Å². The zero-order chi connectivity index (χ0) is 13.7. The van der Waals surface area contributed by atoms with Gasteiger partial charge in [0.1, 0.15) is 0 Å². The van der Waals surface area contributed by atoms with E-state index in [-0.39, 0.29) is 18.4 Å². The van der Waals surface area contributed by atoms with Gasteiger partial charge in [0.2, 0.25) is 5.91 Å². The monoisotopic (exact) mass is 262 g/mol. The fraction of sp³-hybridized carbons (Fsp3) is 0.533. The molecule has 0 spiro atoms. The summed E-state index contributed by atoms with van der Waals surface area (Å²) in [6.07, 6.45) is 1.59. The summed E-state index contributed by atoms with van der Waals surface area (Å²) in [5.41, 5.74) is 1.99. The Morgan fingerprint density at radius 2 is 2.32 bits per heavy atom. The Morgan fingerprint density at radius 1 is 1.53 bits per heavy atom. The average Bonchev–Trinajstić information content (AvgIpc) is 2.34. The topological polar surface area (TPSA) is 61.4 Å². The van der Waals surface area contributed by atoms with Crippen molar-refractivity contribution in [2.45, 2.75) is 19.8 Å². The van der Waals surface area contributed by atoms with Crippen LogP contribution >= 0.6 is 0 Å². The first kappa shape index (κ1) is 14.0. The summed E-state index contributed by atoms with van der Waals surface area (Å²) in [6, 6.07) is 7.86. The van der Waals surface area contributed by atoms with Crippen LogP contribution in [0.3, 0.4) is 0 Å². The molecule has 4 heteroatoms. The fourth-order valence-corrected chi connectivity index (χ4v) is 2.22. The van der Waals surface area contributed by atoms with E-state index in [4.69, 9.17) is 5.11 Å². The van der Waals surface area contributed by atoms with E-state index in [0.29, 0.717) is 5.92 Å². The van der Waals surface area contributed by atoms with Gasteiger partial charge in [-0.05, 0) is 49.5 Å². The molecule has 1 amide bonds. The van der Waals surface area contributed by atoms with Gasteiger partial charge in [-0.25, -0.2) is 0 Å². The maximum atomic E-state index is 12.1. The molecule has 1 aliphatic rings. The first-order valence-corrected chi connectivity index (χ1v) is 6.92. The van der Waals surface area contributed by atoms with Gasteiger partial charge in [-0.2, -0.15) is 0 Å². The highest BCUT2D eigenvalue weighted by Gasteiger charge is 2.28. The van der Waals surface area contributed by atoms with E-state index in [9.17, 15) is 4.79 Å². The number of anilines is 1. The van der Waals surface area contributed by atoms with Crippen molar-refractivity contribution in [3.05, 3.63) is 29.8 Å². The number of carbonyl (C=O) groups excluding carboxylic acids is 1. The highest BCUT2D eigenvalue weighted by atomic mass is 16.2. The van der Waals surface area contributed by atoms with Gasteiger partial charge in [0.15, 0.2) is 0 Å². The van der Waals surface area contributed by atoms with Gasteiger partial charge in [-0.15, -0.1) is 0 Å². The molecular weight excluding hydrogens is 240 g/mol. The third kappa shape index (κ3) is 3.78. The first-order chi connectivity index (χ1) is 9.20. The van der Waals surface area contributed by atoms with Crippen LogP contribution in [-0.4, -0.2) is 30.7 Å². The van der Waals surface area contributed by atoms with Crippen LogP contribution < -0.4 is 10.6 Å². The predicted molar refractivity (Wildman–Crippen MR) is 76.0 cm³/mol. The molecule has 1 aliphatic heterocycles. The van der Waals surface area contributed by atoms with Gasteiger partial charge in [-0.3, -0.25) is 4.79 Å². The lowest BCUT2D eigenvalue weighted by atomic mass is 9.88. The van der Waals surface area contributed by atoms with Crippen molar-refractivity contribution in [3.63, 3.8) is 0 Å². The number of carbonyl (C=O) groups is 1. The molecule has 0 aromatic heterocycles. The smallest absolute Gasteiger partial charge is 0.227 e. The summed E-state index contributed by atoms with van der Waals surface area (Å²) in [5.74, 6) is 0.589. The summed E-state index contributed by atoms with van der Waals surface area (Å²) >= 11 is 0. The highest BCUT2D eigenvalue weighted by molar-refractivity contribution is 5.92. The van der Waals surface area contributed by atoms with E-state index < -0.39 is 0 Å². The largest absolute Gasteiger partial charge is 0.396 e. The van der Waals surface area contributed by atoms with Gasteiger partial charge in [-0.1, -0.05) is 19.1 Å². The van der Waals surface area contributed by atoms with E-state index >= 15 is 0 Å². The van der Waals surface area contributed by atoms with Crippen molar-refractivity contribution < 1.29 is 9.90 Å². The SMILES string of the molecule is CC(C(=O)Nc1cccc(CCCO)c1)C1CNC1. The van der Waals surface area contributed by atoms with Crippen LogP contribution in [0.5, 0.6) is 0 Å². The third-order valence-electron chi connectivity index (χ3n) is 3.75. The summed E-state index contributed by atoms with van der Waals surface area (Å²) in [4.78, 5) is 12.1. The van der Waals surface area contributed by atoms with Crippen LogP contribution in [0.2, 0.25) is 0 Å². The minimum absolute atomic E-state index is 0.0438. The molecule has 0 bridgehead atoms. The Hall–Kier alpha value is -1.39. The molecule has 2 rings (SSSR count). The maximum absolute atomic E-state index is 12.1. The van der Waals surface area contributed by atoms with Crippen LogP contribution in [0.15, 0.2) is 24.3 Å². The van der Waals surface area contributed by atoms with Gasteiger partial charge in [0.05, 0.1) is 0 Å². The van der Waals surface area contributed by atoms with Gasteiger partial charge in [0.25, 0.3) is 0 Å². The number of aryl methyl sites for hydroxylation is 1. The van der Waals surface area contributed by atoms with E-state index in [1.807, 2.05) is 31.2 Å². The average molecular weight is 262 g/mol. The van der Waals surface area contributed by atoms with Gasteiger partial charge < -0.3 is 15.7 Å². The van der Waals surface area contributed by atoms with Crippen LogP contribution in [-0.2, 0) is 11.2 Å². The van der Waals surface area contributed by atoms with Crippen LogP contribution in [0.4, 0.5) is 5.69 Å². The standard InChI is InChI=1S/C15H22N2O2/c1-11(13-9-16-10-13)15(19)17-14-6-2-4-12(8-14)5-3-7-18/h2,4,6,8,11,13,16,18H,3,5,7,9-10H2,1H3,(H,17,19). The number of amides is 1. The number of aliphatic hydroxyl groups is 1. The van der Waals surface area contributed by atoms with Crippen LogP contribution in [0, 0.1) is 11.8 Å². The van der Waals surface area contributed by atoms with Crippen molar-refractivity contribution in [2.24, 2.45) is 11.8 Å². The second-order valence-corrected chi connectivity index (χ2v) is 5.22. The number of benzene rings is 1. The van der Waals surface area contributed by atoms with Crippen molar-refractivity contribution >= 4 is 11.6 Å². The number of hydrogen-bond donors (Lipinski definition) is 3. The Bertz CT molecular complexity index is 430. The summed E-state index contributed by atoms with van der Waals surface area (Å²) in [7, 11) is 0. The zero-order valence-corrected chi connectivity index (χ0v) is 11.4. The molecule has 0 radical (unpaired) electrons. The number of hydrogen-bond acceptors (Lipinski definition) is 3. The van der Waals surface area contributed by atoms with E-state index in [2.05, 4.69) is 10.6 Å². The molecule has 0 saturated carbocycles. The third-order valence-corrected chi connectivity index (χ3v) is 3.75. The summed E-state index contributed by atoms with van der Waals surface area (Å²) in [5, 5.41) is 15.0. The second-order valence-electron chi connectivity index (χ2n) is 5.22. The minimum Gasteiger partial charge on any atom is -0.396 e. The number of rotatable bonds is 6. The van der Waals surface area contributed by atoms with Crippen molar-refractivity contribution in [1.29, 1.82) is 0 Å². The molecule has 104 valence electrons. The normalized spacial score (nSPS) is 16.7. The molecule has 1 aromatic carbocycles. The van der Waals surface area contributed by atoms with E-state index in [0.717, 1.165) is 37.2 Å². The lowest BCUT2D eigenvalue weighted by Crippen LogP contribution is -2.48. The molecule has 4 nitrogen and oxygen atoms in total. The van der Waals surface area contributed by atoms with E-state index in [1.54, 1.807) is 0 Å².